The van der Waals surface area contributed by atoms with Crippen LogP contribution < -0.4 is 4.90 Å². The maximum atomic E-state index is 2.62. The van der Waals surface area contributed by atoms with Gasteiger partial charge < -0.3 is 4.90 Å². The van der Waals surface area contributed by atoms with E-state index in [-0.39, 0.29) is 5.41 Å². The lowest BCUT2D eigenvalue weighted by atomic mass is 9.48. The van der Waals surface area contributed by atoms with Gasteiger partial charge in [0.25, 0.3) is 0 Å². The van der Waals surface area contributed by atoms with Gasteiger partial charge in [0.15, 0.2) is 0 Å². The van der Waals surface area contributed by atoms with Crippen LogP contribution in [-0.2, 0) is 10.8 Å². The summed E-state index contributed by atoms with van der Waals surface area (Å²) in [6, 6.07) is 59.6. The lowest BCUT2D eigenvalue weighted by Crippen LogP contribution is -2.48. The summed E-state index contributed by atoms with van der Waals surface area (Å²) >= 11 is 0. The number of anilines is 3. The van der Waals surface area contributed by atoms with Gasteiger partial charge in [-0.3, -0.25) is 0 Å². The summed E-state index contributed by atoms with van der Waals surface area (Å²) in [6.07, 6.45) is 8.47. The summed E-state index contributed by atoms with van der Waals surface area (Å²) in [5.74, 6) is 2.71. The minimum atomic E-state index is -0.109. The Hall–Kier alpha value is -5.40. The fourth-order valence-electron chi connectivity index (χ4n) is 12.0. The van der Waals surface area contributed by atoms with Gasteiger partial charge in [-0.2, -0.15) is 0 Å². The van der Waals surface area contributed by atoms with Crippen molar-refractivity contribution in [3.8, 4) is 33.4 Å². The van der Waals surface area contributed by atoms with Crippen LogP contribution in [0.5, 0.6) is 0 Å². The molecule has 12 rings (SSSR count). The molecule has 0 aromatic heterocycles. The predicted octanol–water partition coefficient (Wildman–Crippen LogP) is 14.4. The monoisotopic (exact) mass is 697 g/mol. The summed E-state index contributed by atoms with van der Waals surface area (Å²) in [5, 5.41) is 2.59. The summed E-state index contributed by atoms with van der Waals surface area (Å²) < 4.78 is 0. The highest BCUT2D eigenvalue weighted by Gasteiger charge is 2.51. The normalized spacial score (nSPS) is 23.0. The second-order valence-electron chi connectivity index (χ2n) is 17.6. The van der Waals surface area contributed by atoms with E-state index < -0.39 is 0 Å². The van der Waals surface area contributed by atoms with Crippen molar-refractivity contribution < 1.29 is 0 Å². The Balaban J connectivity index is 1.13. The number of hydrogen-bond acceptors (Lipinski definition) is 1. The molecule has 54 heavy (non-hydrogen) atoms. The fourth-order valence-corrected chi connectivity index (χ4v) is 12.0. The lowest BCUT2D eigenvalue weighted by Gasteiger charge is -2.57. The number of fused-ring (bicyclic) bond motifs is 4. The molecule has 4 fully saturated rings. The van der Waals surface area contributed by atoms with Gasteiger partial charge in [0.05, 0.1) is 5.69 Å². The van der Waals surface area contributed by atoms with E-state index in [1.807, 2.05) is 0 Å². The van der Waals surface area contributed by atoms with Crippen LogP contribution in [0.1, 0.15) is 69.1 Å². The van der Waals surface area contributed by atoms with Crippen molar-refractivity contribution in [3.05, 3.63) is 174 Å². The second kappa shape index (κ2) is 12.1. The van der Waals surface area contributed by atoms with Gasteiger partial charge in [-0.1, -0.05) is 141 Å². The molecule has 0 atom stereocenters. The van der Waals surface area contributed by atoms with Crippen molar-refractivity contribution in [3.63, 3.8) is 0 Å². The lowest BCUT2D eigenvalue weighted by molar-refractivity contribution is -0.00516. The molecule has 4 bridgehead atoms. The summed E-state index contributed by atoms with van der Waals surface area (Å²) in [6.45, 7) is 4.82. The predicted molar refractivity (Wildman–Crippen MR) is 227 cm³/mol. The molecule has 7 aromatic rings. The highest BCUT2D eigenvalue weighted by molar-refractivity contribution is 6.09. The van der Waals surface area contributed by atoms with Crippen LogP contribution in [0.3, 0.4) is 0 Å². The molecule has 0 heterocycles. The summed E-state index contributed by atoms with van der Waals surface area (Å²) in [4.78, 5) is 2.62. The summed E-state index contributed by atoms with van der Waals surface area (Å²) in [5.41, 5.74) is 16.1. The van der Waals surface area contributed by atoms with Crippen LogP contribution in [0, 0.1) is 17.8 Å². The van der Waals surface area contributed by atoms with Gasteiger partial charge in [0, 0.05) is 27.7 Å². The van der Waals surface area contributed by atoms with E-state index in [0.717, 1.165) is 17.8 Å². The Morgan fingerprint density at radius 1 is 0.481 bits per heavy atom. The standard InChI is InChI=1S/C53H47N/c1-52(2)48-22-11-10-21-47(48)50-49(52)30-40-15-6-7-20-46(40)51(50)54(43-17-12-16-41(31-43)53-32-35-27-36(33-53)29-37(28-35)34-53)42-25-23-39(24-26-42)45-19-9-8-18-44(45)38-13-4-3-5-14-38/h3-26,30-31,35-37H,27-29,32-34H2,1-2H3. The van der Waals surface area contributed by atoms with Gasteiger partial charge >= 0.3 is 0 Å². The van der Waals surface area contributed by atoms with Crippen LogP contribution in [0.25, 0.3) is 44.2 Å². The Morgan fingerprint density at radius 3 is 1.78 bits per heavy atom. The molecule has 0 unspecified atom stereocenters. The number of benzene rings is 7. The van der Waals surface area contributed by atoms with Gasteiger partial charge in [0.1, 0.15) is 0 Å². The number of hydrogen-bond donors (Lipinski definition) is 0. The van der Waals surface area contributed by atoms with Crippen LogP contribution >= 0.6 is 0 Å². The molecule has 0 aliphatic heterocycles. The van der Waals surface area contributed by atoms with Crippen molar-refractivity contribution in [2.45, 2.75) is 63.2 Å². The first-order valence-corrected chi connectivity index (χ1v) is 20.3. The van der Waals surface area contributed by atoms with Crippen LogP contribution in [0.2, 0.25) is 0 Å². The third kappa shape index (κ3) is 4.90. The Labute approximate surface area is 320 Å². The minimum Gasteiger partial charge on any atom is -0.309 e. The van der Waals surface area contributed by atoms with Crippen molar-refractivity contribution in [1.29, 1.82) is 0 Å². The smallest absolute Gasteiger partial charge is 0.0621 e. The van der Waals surface area contributed by atoms with Gasteiger partial charge in [-0.15, -0.1) is 0 Å². The quantitative estimate of drug-likeness (QED) is 0.167. The van der Waals surface area contributed by atoms with E-state index >= 15 is 0 Å². The summed E-state index contributed by atoms with van der Waals surface area (Å²) in [7, 11) is 0. The molecule has 7 aromatic carbocycles. The SMILES string of the molecule is CC1(C)c2ccccc2-c2c1cc1ccccc1c2N(c1ccc(-c2ccccc2-c2ccccc2)cc1)c1cccc(C23CC4CC(CC(C4)C2)C3)c1. The second-order valence-corrected chi connectivity index (χ2v) is 17.6. The van der Waals surface area contributed by atoms with E-state index in [1.54, 1.807) is 5.56 Å². The zero-order valence-corrected chi connectivity index (χ0v) is 31.4. The van der Waals surface area contributed by atoms with E-state index in [2.05, 4.69) is 176 Å². The first-order chi connectivity index (χ1) is 26.4. The maximum Gasteiger partial charge on any atom is 0.0621 e. The zero-order valence-electron chi connectivity index (χ0n) is 31.4. The third-order valence-corrected chi connectivity index (χ3v) is 14.0. The molecule has 4 saturated carbocycles. The number of nitrogens with zero attached hydrogens (tertiary/aromatic N) is 1. The van der Waals surface area contributed by atoms with E-state index in [0.29, 0.717) is 5.41 Å². The molecule has 0 amide bonds. The molecule has 264 valence electrons. The van der Waals surface area contributed by atoms with Crippen molar-refractivity contribution in [2.24, 2.45) is 17.8 Å². The minimum absolute atomic E-state index is 0.109. The molecule has 1 nitrogen and oxygen atoms in total. The van der Waals surface area contributed by atoms with Gasteiger partial charge in [0.2, 0.25) is 0 Å². The van der Waals surface area contributed by atoms with Gasteiger partial charge in [-0.25, -0.2) is 0 Å². The molecule has 1 heteroatoms. The van der Waals surface area contributed by atoms with Crippen LogP contribution in [0.15, 0.2) is 158 Å². The van der Waals surface area contributed by atoms with Crippen LogP contribution in [-0.4, -0.2) is 0 Å². The highest BCUT2D eigenvalue weighted by Crippen LogP contribution is 2.62. The molecule has 0 radical (unpaired) electrons. The zero-order chi connectivity index (χ0) is 36.0. The van der Waals surface area contributed by atoms with Crippen molar-refractivity contribution in [2.75, 3.05) is 4.90 Å². The first-order valence-electron chi connectivity index (χ1n) is 20.3. The molecular weight excluding hydrogens is 651 g/mol. The highest BCUT2D eigenvalue weighted by atomic mass is 15.1. The molecule has 0 N–H and O–H groups in total. The maximum absolute atomic E-state index is 2.62. The molecule has 0 saturated heterocycles. The molecular formula is C53H47N. The van der Waals surface area contributed by atoms with Crippen molar-refractivity contribution in [1.82, 2.24) is 0 Å². The van der Waals surface area contributed by atoms with E-state index in [4.69, 9.17) is 0 Å². The Morgan fingerprint density at radius 2 is 1.07 bits per heavy atom. The van der Waals surface area contributed by atoms with Crippen molar-refractivity contribution >= 4 is 27.8 Å². The first kappa shape index (κ1) is 32.1. The molecule has 5 aliphatic rings. The molecule has 5 aliphatic carbocycles. The third-order valence-electron chi connectivity index (χ3n) is 14.0. The average Bonchev–Trinajstić information content (AvgIpc) is 3.43. The number of rotatable bonds is 6. The Kier molecular flexibility index (Phi) is 7.16. The van der Waals surface area contributed by atoms with Crippen LogP contribution in [0.4, 0.5) is 17.1 Å². The largest absolute Gasteiger partial charge is 0.309 e. The van der Waals surface area contributed by atoms with E-state index in [1.165, 1.54) is 111 Å². The Bertz CT molecular complexity index is 2520. The van der Waals surface area contributed by atoms with Gasteiger partial charge in [-0.05, 0) is 142 Å². The van der Waals surface area contributed by atoms with E-state index in [9.17, 15) is 0 Å². The molecule has 0 spiro atoms. The average molecular weight is 698 g/mol. The fraction of sp³-hybridized carbons (Fsp3) is 0.245. The topological polar surface area (TPSA) is 3.24 Å².